The Morgan fingerprint density at radius 3 is 2.05 bits per heavy atom. The summed E-state index contributed by atoms with van der Waals surface area (Å²) in [6.07, 6.45) is 6.30. The molecule has 0 aliphatic rings. The number of ether oxygens (including phenoxy) is 2. The molecule has 0 fully saturated rings. The van der Waals surface area contributed by atoms with Gasteiger partial charge in [0.2, 0.25) is 0 Å². The van der Waals surface area contributed by atoms with Gasteiger partial charge in [0.05, 0.1) is 19.9 Å². The number of aromatic nitrogens is 3. The van der Waals surface area contributed by atoms with Crippen molar-refractivity contribution in [3.8, 4) is 22.8 Å². The maximum absolute atomic E-state index is 12.4. The summed E-state index contributed by atoms with van der Waals surface area (Å²) in [6, 6.07) is 21.8. The van der Waals surface area contributed by atoms with Gasteiger partial charge in [-0.25, -0.2) is 14.8 Å². The van der Waals surface area contributed by atoms with Gasteiger partial charge in [-0.3, -0.25) is 10.3 Å². The zero-order valence-electron chi connectivity index (χ0n) is 25.2. The van der Waals surface area contributed by atoms with Crippen LogP contribution in [0.15, 0.2) is 85.3 Å². The SMILES string of the molecule is CCc1ccncc1-c1cc2cc(NC(=O)N(C)C)ncc2c(N(Cc2ccc(OC)cc2)Cc2ccc(OC)cc2)n1. The Kier molecular flexibility index (Phi) is 9.00. The van der Waals surface area contributed by atoms with E-state index in [4.69, 9.17) is 14.5 Å². The Morgan fingerprint density at radius 1 is 0.860 bits per heavy atom. The number of nitrogens with one attached hydrogen (secondary N) is 1. The zero-order chi connectivity index (χ0) is 30.3. The van der Waals surface area contributed by atoms with Gasteiger partial charge in [0.15, 0.2) is 0 Å². The lowest BCUT2D eigenvalue weighted by Gasteiger charge is -2.26. The summed E-state index contributed by atoms with van der Waals surface area (Å²) >= 11 is 0. The van der Waals surface area contributed by atoms with Gasteiger partial charge in [-0.1, -0.05) is 31.2 Å². The van der Waals surface area contributed by atoms with Crippen LogP contribution in [0.5, 0.6) is 11.5 Å². The Hall–Kier alpha value is -5.18. The van der Waals surface area contributed by atoms with E-state index in [1.54, 1.807) is 34.5 Å². The number of hydrogen-bond acceptors (Lipinski definition) is 7. The van der Waals surface area contributed by atoms with Crippen molar-refractivity contribution in [1.29, 1.82) is 0 Å². The third-order valence-electron chi connectivity index (χ3n) is 7.27. The maximum atomic E-state index is 12.4. The summed E-state index contributed by atoms with van der Waals surface area (Å²) in [4.78, 5) is 30.4. The molecule has 5 aromatic rings. The van der Waals surface area contributed by atoms with E-state index in [1.807, 2.05) is 54.9 Å². The van der Waals surface area contributed by atoms with Crippen molar-refractivity contribution in [3.63, 3.8) is 0 Å². The highest BCUT2D eigenvalue weighted by atomic mass is 16.5. The van der Waals surface area contributed by atoms with E-state index >= 15 is 0 Å². The number of amides is 2. The quantitative estimate of drug-likeness (QED) is 0.201. The van der Waals surface area contributed by atoms with Gasteiger partial charge in [-0.2, -0.15) is 0 Å². The van der Waals surface area contributed by atoms with Crippen LogP contribution in [0, 0.1) is 0 Å². The predicted octanol–water partition coefficient (Wildman–Crippen LogP) is 6.57. The number of hydrogen-bond donors (Lipinski definition) is 1. The van der Waals surface area contributed by atoms with Crippen LogP contribution in [0.1, 0.15) is 23.6 Å². The van der Waals surface area contributed by atoms with E-state index in [1.165, 1.54) is 4.90 Å². The number of rotatable bonds is 10. The number of benzene rings is 2. The number of carbonyl (C=O) groups excluding carboxylic acids is 1. The summed E-state index contributed by atoms with van der Waals surface area (Å²) in [5, 5.41) is 4.65. The van der Waals surface area contributed by atoms with Gasteiger partial charge in [-0.15, -0.1) is 0 Å². The Labute approximate surface area is 252 Å². The van der Waals surface area contributed by atoms with Crippen molar-refractivity contribution >= 4 is 28.4 Å². The average molecular weight is 577 g/mol. The molecule has 0 spiro atoms. The number of carbonyl (C=O) groups is 1. The molecule has 2 amide bonds. The highest BCUT2D eigenvalue weighted by Crippen LogP contribution is 2.34. The van der Waals surface area contributed by atoms with E-state index < -0.39 is 0 Å². The zero-order valence-corrected chi connectivity index (χ0v) is 25.2. The molecule has 3 heterocycles. The first-order chi connectivity index (χ1) is 20.9. The lowest BCUT2D eigenvalue weighted by molar-refractivity contribution is 0.230. The minimum Gasteiger partial charge on any atom is -0.497 e. The highest BCUT2D eigenvalue weighted by molar-refractivity contribution is 5.97. The topological polar surface area (TPSA) is 92.7 Å². The van der Waals surface area contributed by atoms with Crippen LogP contribution in [0.3, 0.4) is 0 Å². The van der Waals surface area contributed by atoms with Gasteiger partial charge in [0, 0.05) is 56.7 Å². The highest BCUT2D eigenvalue weighted by Gasteiger charge is 2.19. The van der Waals surface area contributed by atoms with Crippen LogP contribution < -0.4 is 19.7 Å². The molecule has 220 valence electrons. The number of urea groups is 1. The molecular weight excluding hydrogens is 540 g/mol. The first-order valence-electron chi connectivity index (χ1n) is 14.1. The van der Waals surface area contributed by atoms with Crippen LogP contribution in [0.4, 0.5) is 16.4 Å². The molecule has 0 atom stereocenters. The second-order valence-corrected chi connectivity index (χ2v) is 10.4. The van der Waals surface area contributed by atoms with E-state index in [9.17, 15) is 4.79 Å². The fourth-order valence-electron chi connectivity index (χ4n) is 4.87. The van der Waals surface area contributed by atoms with Crippen LogP contribution in [-0.4, -0.2) is 54.2 Å². The van der Waals surface area contributed by atoms with E-state index in [0.29, 0.717) is 18.9 Å². The molecule has 2 aromatic carbocycles. The first kappa shape index (κ1) is 29.3. The lowest BCUT2D eigenvalue weighted by atomic mass is 10.0. The molecule has 0 aliphatic carbocycles. The molecule has 0 saturated carbocycles. The van der Waals surface area contributed by atoms with Crippen molar-refractivity contribution in [2.45, 2.75) is 26.4 Å². The van der Waals surface area contributed by atoms with Crippen molar-refractivity contribution in [2.24, 2.45) is 0 Å². The summed E-state index contributed by atoms with van der Waals surface area (Å²) in [6.45, 7) is 3.31. The summed E-state index contributed by atoms with van der Waals surface area (Å²) in [5.74, 6) is 2.85. The van der Waals surface area contributed by atoms with Gasteiger partial charge >= 0.3 is 6.03 Å². The number of aryl methyl sites for hydroxylation is 1. The van der Waals surface area contributed by atoms with Gasteiger partial charge in [0.1, 0.15) is 23.1 Å². The molecule has 0 radical (unpaired) electrons. The lowest BCUT2D eigenvalue weighted by Crippen LogP contribution is -2.27. The van der Waals surface area contributed by atoms with E-state index in [0.717, 1.165) is 62.5 Å². The van der Waals surface area contributed by atoms with Gasteiger partial charge < -0.3 is 19.3 Å². The number of methoxy groups -OCH3 is 2. The molecule has 0 bridgehead atoms. The first-order valence-corrected chi connectivity index (χ1v) is 14.1. The Balaban J connectivity index is 1.67. The third kappa shape index (κ3) is 6.83. The summed E-state index contributed by atoms with van der Waals surface area (Å²) in [5.41, 5.74) is 5.14. The molecule has 43 heavy (non-hydrogen) atoms. The largest absolute Gasteiger partial charge is 0.497 e. The molecule has 9 heteroatoms. The predicted molar refractivity (Wildman–Crippen MR) is 171 cm³/mol. The molecule has 0 saturated heterocycles. The molecule has 0 unspecified atom stereocenters. The molecule has 5 rings (SSSR count). The van der Waals surface area contributed by atoms with Crippen molar-refractivity contribution in [3.05, 3.63) is 102 Å². The average Bonchev–Trinajstić information content (AvgIpc) is 3.04. The fourth-order valence-corrected chi connectivity index (χ4v) is 4.87. The summed E-state index contributed by atoms with van der Waals surface area (Å²) < 4.78 is 10.8. The van der Waals surface area contributed by atoms with Crippen molar-refractivity contribution in [2.75, 3.05) is 38.5 Å². The van der Waals surface area contributed by atoms with Crippen LogP contribution >= 0.6 is 0 Å². The second-order valence-electron chi connectivity index (χ2n) is 10.4. The molecular formula is C34H36N6O3. The normalized spacial score (nSPS) is 10.8. The minimum atomic E-state index is -0.248. The van der Waals surface area contributed by atoms with E-state index in [-0.39, 0.29) is 6.03 Å². The molecule has 9 nitrogen and oxygen atoms in total. The Morgan fingerprint density at radius 2 is 1.49 bits per heavy atom. The fraction of sp³-hybridized carbons (Fsp3) is 0.235. The Bertz CT molecular complexity index is 1660. The number of nitrogens with zero attached hydrogens (tertiary/aromatic N) is 5. The van der Waals surface area contributed by atoms with E-state index in [2.05, 4.69) is 51.4 Å². The number of fused-ring (bicyclic) bond motifs is 1. The molecule has 1 N–H and O–H groups in total. The van der Waals surface area contributed by atoms with Crippen molar-refractivity contribution in [1.82, 2.24) is 19.9 Å². The standard InChI is InChI=1S/C34H36N6O3/c1-6-25-15-16-35-19-29(25)31-17-26-18-32(38-34(41)39(2)3)36-20-30(26)33(37-31)40(21-23-7-11-27(42-4)12-8-23)22-24-9-13-28(43-5)14-10-24/h7-20H,6,21-22H2,1-5H3,(H,36,38,41). The van der Waals surface area contributed by atoms with Crippen LogP contribution in [-0.2, 0) is 19.5 Å². The van der Waals surface area contributed by atoms with Gasteiger partial charge in [0.25, 0.3) is 0 Å². The molecule has 0 aliphatic heterocycles. The summed E-state index contributed by atoms with van der Waals surface area (Å²) in [7, 11) is 6.72. The monoisotopic (exact) mass is 576 g/mol. The second kappa shape index (κ2) is 13.2. The smallest absolute Gasteiger partial charge is 0.322 e. The van der Waals surface area contributed by atoms with Crippen molar-refractivity contribution < 1.29 is 14.3 Å². The number of anilines is 2. The minimum absolute atomic E-state index is 0.248. The van der Waals surface area contributed by atoms with Gasteiger partial charge in [-0.05, 0) is 71.0 Å². The third-order valence-corrected chi connectivity index (χ3v) is 7.27. The molecule has 3 aromatic heterocycles. The van der Waals surface area contributed by atoms with Crippen LogP contribution in [0.25, 0.3) is 22.0 Å². The maximum Gasteiger partial charge on any atom is 0.322 e. The van der Waals surface area contributed by atoms with Crippen LogP contribution in [0.2, 0.25) is 0 Å². The number of pyridine rings is 3.